The number of aromatic nitrogens is 1. The van der Waals surface area contributed by atoms with Crippen molar-refractivity contribution in [2.45, 2.75) is 6.92 Å². The fourth-order valence-corrected chi connectivity index (χ4v) is 2.74. The first-order valence-electron chi connectivity index (χ1n) is 7.25. The van der Waals surface area contributed by atoms with Gasteiger partial charge in [0.25, 0.3) is 5.69 Å². The van der Waals surface area contributed by atoms with Gasteiger partial charge in [-0.05, 0) is 18.6 Å². The van der Waals surface area contributed by atoms with E-state index in [-0.39, 0.29) is 18.1 Å². The molecule has 0 bridgehead atoms. The molecule has 0 unspecified atom stereocenters. The zero-order valence-corrected chi connectivity index (χ0v) is 14.4. The van der Waals surface area contributed by atoms with Crippen LogP contribution in [0.15, 0.2) is 48.5 Å². The van der Waals surface area contributed by atoms with E-state index in [0.29, 0.717) is 27.7 Å². The van der Waals surface area contributed by atoms with E-state index >= 15 is 0 Å². The minimum Gasteiger partial charge on any atom is -0.465 e. The molecule has 0 aliphatic rings. The van der Waals surface area contributed by atoms with Gasteiger partial charge < -0.3 is 4.74 Å². The monoisotopic (exact) mass is 358 g/mol. The van der Waals surface area contributed by atoms with Crippen molar-refractivity contribution >= 4 is 35.0 Å². The van der Waals surface area contributed by atoms with Crippen LogP contribution < -0.4 is 0 Å². The highest BCUT2D eigenvalue weighted by Crippen LogP contribution is 2.35. The van der Waals surface area contributed by atoms with Gasteiger partial charge in [-0.1, -0.05) is 30.3 Å². The second-order valence-corrected chi connectivity index (χ2v) is 5.26. The number of carbonyl (C=O) groups is 1. The van der Waals surface area contributed by atoms with Crippen molar-refractivity contribution < 1.29 is 14.5 Å². The van der Waals surface area contributed by atoms with Crippen molar-refractivity contribution in [2.24, 2.45) is 0 Å². The third kappa shape index (κ3) is 3.29. The number of nitro groups is 1. The molecule has 0 amide bonds. The van der Waals surface area contributed by atoms with Crippen molar-refractivity contribution in [2.75, 3.05) is 7.11 Å². The van der Waals surface area contributed by atoms with Gasteiger partial charge in [0.15, 0.2) is 0 Å². The maximum atomic E-state index is 12.3. The summed E-state index contributed by atoms with van der Waals surface area (Å²) >= 11 is 0. The van der Waals surface area contributed by atoms with Gasteiger partial charge in [-0.15, -0.1) is 12.4 Å². The number of fused-ring (bicyclic) bond motifs is 1. The third-order valence-electron chi connectivity index (χ3n) is 3.81. The number of esters is 1. The Morgan fingerprint density at radius 3 is 2.44 bits per heavy atom. The van der Waals surface area contributed by atoms with E-state index in [1.807, 2.05) is 30.3 Å². The molecule has 6 nitrogen and oxygen atoms in total. The summed E-state index contributed by atoms with van der Waals surface area (Å²) in [7, 11) is 1.30. The minimum absolute atomic E-state index is 0. The highest BCUT2D eigenvalue weighted by Gasteiger charge is 2.22. The highest BCUT2D eigenvalue weighted by molar-refractivity contribution is 6.08. The van der Waals surface area contributed by atoms with Crippen LogP contribution >= 0.6 is 12.4 Å². The summed E-state index contributed by atoms with van der Waals surface area (Å²) in [6, 6.07) is 13.7. The first-order valence-corrected chi connectivity index (χ1v) is 7.25. The normalized spacial score (nSPS) is 10.2. The lowest BCUT2D eigenvalue weighted by atomic mass is 9.94. The van der Waals surface area contributed by atoms with Crippen LogP contribution in [0.25, 0.3) is 22.0 Å². The number of hydrogen-bond acceptors (Lipinski definition) is 5. The smallest absolute Gasteiger partial charge is 0.340 e. The molecule has 128 valence electrons. The Morgan fingerprint density at radius 2 is 1.84 bits per heavy atom. The number of ether oxygens (including phenoxy) is 1. The highest BCUT2D eigenvalue weighted by atomic mass is 35.5. The van der Waals surface area contributed by atoms with Gasteiger partial charge in [0, 0.05) is 23.1 Å². The Balaban J connectivity index is 0.00000225. The summed E-state index contributed by atoms with van der Waals surface area (Å²) in [6.45, 7) is 1.72. The number of pyridine rings is 1. The van der Waals surface area contributed by atoms with Crippen LogP contribution in [0.4, 0.5) is 5.69 Å². The summed E-state index contributed by atoms with van der Waals surface area (Å²) in [5, 5.41) is 11.7. The summed E-state index contributed by atoms with van der Waals surface area (Å²) in [6.07, 6.45) is 0. The Morgan fingerprint density at radius 1 is 1.16 bits per heavy atom. The first-order chi connectivity index (χ1) is 11.5. The molecule has 2 aromatic carbocycles. The van der Waals surface area contributed by atoms with E-state index in [0.717, 1.165) is 5.56 Å². The molecule has 3 aromatic rings. The standard InChI is InChI=1S/C18H14N2O4.ClH/c1-11-16(18(21)24-2)17(12-6-4-3-5-7-12)14-10-13(20(22)23)8-9-15(14)19-11;/h3-10H,1-2H3;1H. The van der Waals surface area contributed by atoms with Crippen LogP contribution in [0.5, 0.6) is 0 Å². The lowest BCUT2D eigenvalue weighted by Gasteiger charge is -2.14. The molecule has 0 saturated heterocycles. The third-order valence-corrected chi connectivity index (χ3v) is 3.81. The number of hydrogen-bond donors (Lipinski definition) is 0. The van der Waals surface area contributed by atoms with Gasteiger partial charge >= 0.3 is 5.97 Å². The first kappa shape index (κ1) is 18.4. The average Bonchev–Trinajstić information content (AvgIpc) is 2.60. The number of aryl methyl sites for hydroxylation is 1. The number of non-ortho nitro benzene ring substituents is 1. The number of halogens is 1. The SMILES string of the molecule is COC(=O)c1c(C)nc2ccc([N+](=O)[O-])cc2c1-c1ccccc1.Cl. The maximum Gasteiger partial charge on any atom is 0.340 e. The fraction of sp³-hybridized carbons (Fsp3) is 0.111. The van der Waals surface area contributed by atoms with E-state index in [9.17, 15) is 14.9 Å². The molecule has 0 radical (unpaired) electrons. The number of nitro benzene ring substituents is 1. The second kappa shape index (κ2) is 7.27. The lowest BCUT2D eigenvalue weighted by molar-refractivity contribution is -0.384. The summed E-state index contributed by atoms with van der Waals surface area (Å²) in [5.74, 6) is -0.521. The van der Waals surface area contributed by atoms with Gasteiger partial charge in [0.1, 0.15) is 0 Å². The Kier molecular flexibility index (Phi) is 5.34. The molecule has 3 rings (SSSR count). The number of carbonyl (C=O) groups excluding carboxylic acids is 1. The fourth-order valence-electron chi connectivity index (χ4n) is 2.74. The van der Waals surface area contributed by atoms with E-state index in [1.54, 1.807) is 13.0 Å². The summed E-state index contributed by atoms with van der Waals surface area (Å²) in [5.41, 5.74) is 2.73. The quantitative estimate of drug-likeness (QED) is 0.395. The molecule has 0 saturated carbocycles. The van der Waals surface area contributed by atoms with Crippen LogP contribution in [0.1, 0.15) is 16.1 Å². The molecule has 0 spiro atoms. The van der Waals surface area contributed by atoms with E-state index in [2.05, 4.69) is 4.98 Å². The summed E-state index contributed by atoms with van der Waals surface area (Å²) < 4.78 is 4.89. The maximum absolute atomic E-state index is 12.3. The number of methoxy groups -OCH3 is 1. The van der Waals surface area contributed by atoms with Crippen LogP contribution in [-0.2, 0) is 4.74 Å². The van der Waals surface area contributed by atoms with Gasteiger partial charge in [-0.25, -0.2) is 4.79 Å². The Bertz CT molecular complexity index is 958. The number of benzene rings is 2. The largest absolute Gasteiger partial charge is 0.465 e. The molecule has 0 fully saturated rings. The zero-order valence-electron chi connectivity index (χ0n) is 13.6. The predicted molar refractivity (Wildman–Crippen MR) is 97.2 cm³/mol. The van der Waals surface area contributed by atoms with E-state index in [1.165, 1.54) is 19.2 Å². The minimum atomic E-state index is -0.521. The van der Waals surface area contributed by atoms with Crippen LogP contribution in [0.3, 0.4) is 0 Å². The van der Waals surface area contributed by atoms with Crippen molar-refractivity contribution in [3.8, 4) is 11.1 Å². The molecular weight excluding hydrogens is 344 g/mol. The van der Waals surface area contributed by atoms with Crippen molar-refractivity contribution in [3.05, 3.63) is 69.9 Å². The van der Waals surface area contributed by atoms with Gasteiger partial charge in [0.05, 0.1) is 28.8 Å². The van der Waals surface area contributed by atoms with Crippen molar-refractivity contribution in [3.63, 3.8) is 0 Å². The van der Waals surface area contributed by atoms with Gasteiger partial charge in [-0.3, -0.25) is 15.1 Å². The van der Waals surface area contributed by atoms with Crippen molar-refractivity contribution in [1.82, 2.24) is 4.98 Å². The molecule has 1 heterocycles. The zero-order chi connectivity index (χ0) is 17.3. The van der Waals surface area contributed by atoms with Crippen molar-refractivity contribution in [1.29, 1.82) is 0 Å². The topological polar surface area (TPSA) is 82.3 Å². The van der Waals surface area contributed by atoms with Gasteiger partial charge in [-0.2, -0.15) is 0 Å². The molecule has 1 aromatic heterocycles. The molecule has 25 heavy (non-hydrogen) atoms. The van der Waals surface area contributed by atoms with E-state index in [4.69, 9.17) is 4.74 Å². The number of nitrogens with zero attached hydrogens (tertiary/aromatic N) is 2. The Hall–Kier alpha value is -2.99. The second-order valence-electron chi connectivity index (χ2n) is 5.26. The van der Waals surface area contributed by atoms with E-state index < -0.39 is 10.9 Å². The molecule has 0 atom stereocenters. The lowest BCUT2D eigenvalue weighted by Crippen LogP contribution is -2.09. The van der Waals surface area contributed by atoms with Crippen LogP contribution in [0, 0.1) is 17.0 Å². The molecular formula is C18H15ClN2O4. The predicted octanol–water partition coefficient (Wildman–Crippen LogP) is 4.33. The Labute approximate surface area is 150 Å². The number of rotatable bonds is 3. The molecule has 0 aliphatic carbocycles. The average molecular weight is 359 g/mol. The summed E-state index contributed by atoms with van der Waals surface area (Å²) in [4.78, 5) is 27.4. The molecule has 0 N–H and O–H groups in total. The van der Waals surface area contributed by atoms with Crippen LogP contribution in [0.2, 0.25) is 0 Å². The van der Waals surface area contributed by atoms with Gasteiger partial charge in [0.2, 0.25) is 0 Å². The molecule has 0 aliphatic heterocycles. The molecule has 7 heteroatoms. The van der Waals surface area contributed by atoms with Crippen LogP contribution in [-0.4, -0.2) is 23.0 Å².